The summed E-state index contributed by atoms with van der Waals surface area (Å²) in [6, 6.07) is 7.49. The molecule has 0 unspecified atom stereocenters. The van der Waals surface area contributed by atoms with Gasteiger partial charge in [0.15, 0.2) is 0 Å². The van der Waals surface area contributed by atoms with E-state index in [1.54, 1.807) is 0 Å². The molecular formula is C18H24FN5O2S. The third-order valence-corrected chi connectivity index (χ3v) is 6.34. The molecule has 0 saturated carbocycles. The van der Waals surface area contributed by atoms with Gasteiger partial charge in [-0.1, -0.05) is 12.1 Å². The van der Waals surface area contributed by atoms with E-state index in [4.69, 9.17) is 0 Å². The van der Waals surface area contributed by atoms with E-state index in [-0.39, 0.29) is 11.6 Å². The normalized spacial score (nSPS) is 15.8. The number of hydrogen-bond donors (Lipinski definition) is 0. The van der Waals surface area contributed by atoms with Gasteiger partial charge in [-0.15, -0.1) is 0 Å². The van der Waals surface area contributed by atoms with Crippen molar-refractivity contribution in [3.05, 3.63) is 47.5 Å². The SMILES string of the molecule is Cc1nc(N(C)C)cc(N2CCN(S(=O)(=O)Cc3ccc(F)cc3)CC2)n1. The standard InChI is InChI=1S/C18H24FN5O2S/c1-14-20-17(22(2)3)12-18(21-14)23-8-10-24(11-9-23)27(25,26)13-15-4-6-16(19)7-5-15/h4-7,12H,8-11,13H2,1-3H3. The van der Waals surface area contributed by atoms with E-state index in [2.05, 4.69) is 14.9 Å². The highest BCUT2D eigenvalue weighted by atomic mass is 32.2. The molecule has 1 aromatic carbocycles. The summed E-state index contributed by atoms with van der Waals surface area (Å²) in [6.45, 7) is 3.76. The molecule has 0 amide bonds. The quantitative estimate of drug-likeness (QED) is 0.769. The molecule has 0 aliphatic carbocycles. The highest BCUT2D eigenvalue weighted by Gasteiger charge is 2.28. The molecule has 7 nitrogen and oxygen atoms in total. The van der Waals surface area contributed by atoms with Gasteiger partial charge in [0.25, 0.3) is 0 Å². The summed E-state index contributed by atoms with van der Waals surface area (Å²) in [5.41, 5.74) is 0.584. The van der Waals surface area contributed by atoms with Crippen molar-refractivity contribution in [2.24, 2.45) is 0 Å². The second kappa shape index (κ2) is 7.77. The summed E-state index contributed by atoms with van der Waals surface area (Å²) in [5.74, 6) is 1.82. The average Bonchev–Trinajstić information content (AvgIpc) is 2.63. The Morgan fingerprint density at radius 1 is 1.07 bits per heavy atom. The van der Waals surface area contributed by atoms with Gasteiger partial charge in [0.1, 0.15) is 23.3 Å². The largest absolute Gasteiger partial charge is 0.363 e. The number of benzene rings is 1. The molecule has 2 heterocycles. The second-order valence-electron chi connectivity index (χ2n) is 6.79. The Balaban J connectivity index is 1.67. The van der Waals surface area contributed by atoms with Crippen molar-refractivity contribution in [1.82, 2.24) is 14.3 Å². The molecule has 1 fully saturated rings. The van der Waals surface area contributed by atoms with Crippen molar-refractivity contribution >= 4 is 21.7 Å². The topological polar surface area (TPSA) is 69.6 Å². The molecular weight excluding hydrogens is 369 g/mol. The molecule has 0 bridgehead atoms. The van der Waals surface area contributed by atoms with Crippen LogP contribution in [0, 0.1) is 12.7 Å². The Morgan fingerprint density at radius 3 is 2.30 bits per heavy atom. The number of anilines is 2. The van der Waals surface area contributed by atoms with Gasteiger partial charge < -0.3 is 9.80 Å². The number of nitrogens with zero attached hydrogens (tertiary/aromatic N) is 5. The third-order valence-electron chi connectivity index (χ3n) is 4.49. The van der Waals surface area contributed by atoms with Crippen LogP contribution in [0.2, 0.25) is 0 Å². The summed E-state index contributed by atoms with van der Waals surface area (Å²) < 4.78 is 39.8. The molecule has 3 rings (SSSR count). The molecule has 0 spiro atoms. The zero-order valence-corrected chi connectivity index (χ0v) is 16.6. The van der Waals surface area contributed by atoms with E-state index in [1.165, 1.54) is 28.6 Å². The monoisotopic (exact) mass is 393 g/mol. The van der Waals surface area contributed by atoms with E-state index >= 15 is 0 Å². The molecule has 1 aromatic heterocycles. The van der Waals surface area contributed by atoms with Crippen LogP contribution in [0.15, 0.2) is 30.3 Å². The van der Waals surface area contributed by atoms with Crippen molar-refractivity contribution in [3.63, 3.8) is 0 Å². The lowest BCUT2D eigenvalue weighted by molar-refractivity contribution is 0.383. The predicted molar refractivity (Wildman–Crippen MR) is 104 cm³/mol. The maximum Gasteiger partial charge on any atom is 0.218 e. The summed E-state index contributed by atoms with van der Waals surface area (Å²) >= 11 is 0. The van der Waals surface area contributed by atoms with E-state index in [1.807, 2.05) is 32.0 Å². The Kier molecular flexibility index (Phi) is 5.61. The van der Waals surface area contributed by atoms with Gasteiger partial charge in [0.05, 0.1) is 5.75 Å². The van der Waals surface area contributed by atoms with E-state index in [9.17, 15) is 12.8 Å². The van der Waals surface area contributed by atoms with Crippen LogP contribution in [0.1, 0.15) is 11.4 Å². The minimum atomic E-state index is -3.44. The lowest BCUT2D eigenvalue weighted by atomic mass is 10.2. The van der Waals surface area contributed by atoms with Crippen LogP contribution in [0.3, 0.4) is 0 Å². The Bertz CT molecular complexity index is 894. The first-order chi connectivity index (χ1) is 12.7. The van der Waals surface area contributed by atoms with Gasteiger partial charge in [0.2, 0.25) is 10.0 Å². The highest BCUT2D eigenvalue weighted by Crippen LogP contribution is 2.21. The number of piperazine rings is 1. The summed E-state index contributed by atoms with van der Waals surface area (Å²) in [5, 5.41) is 0. The maximum absolute atomic E-state index is 13.0. The van der Waals surface area contributed by atoms with Crippen LogP contribution < -0.4 is 9.80 Å². The molecule has 0 radical (unpaired) electrons. The number of aryl methyl sites for hydroxylation is 1. The zero-order chi connectivity index (χ0) is 19.6. The fraction of sp³-hybridized carbons (Fsp3) is 0.444. The maximum atomic E-state index is 13.0. The van der Waals surface area contributed by atoms with E-state index in [0.717, 1.165) is 11.6 Å². The second-order valence-corrected chi connectivity index (χ2v) is 8.76. The number of sulfonamides is 1. The fourth-order valence-corrected chi connectivity index (χ4v) is 4.52. The number of rotatable bonds is 5. The molecule has 0 N–H and O–H groups in total. The van der Waals surface area contributed by atoms with Crippen molar-refractivity contribution < 1.29 is 12.8 Å². The lowest BCUT2D eigenvalue weighted by Gasteiger charge is -2.35. The average molecular weight is 393 g/mol. The Morgan fingerprint density at radius 2 is 1.70 bits per heavy atom. The summed E-state index contributed by atoms with van der Waals surface area (Å²) in [7, 11) is 0.403. The first-order valence-corrected chi connectivity index (χ1v) is 10.4. The van der Waals surface area contributed by atoms with Crippen LogP contribution in [0.5, 0.6) is 0 Å². The van der Waals surface area contributed by atoms with E-state index < -0.39 is 10.0 Å². The van der Waals surface area contributed by atoms with E-state index in [0.29, 0.717) is 37.6 Å². The third kappa shape index (κ3) is 4.72. The van der Waals surface area contributed by atoms with Gasteiger partial charge in [-0.2, -0.15) is 4.31 Å². The molecule has 1 saturated heterocycles. The first kappa shape index (κ1) is 19.5. The van der Waals surface area contributed by atoms with Gasteiger partial charge in [-0.3, -0.25) is 0 Å². The molecule has 146 valence electrons. The van der Waals surface area contributed by atoms with Gasteiger partial charge in [-0.25, -0.2) is 22.8 Å². The van der Waals surface area contributed by atoms with Crippen LogP contribution in [-0.4, -0.2) is 63.0 Å². The molecule has 27 heavy (non-hydrogen) atoms. The Labute approximate surface area is 159 Å². The molecule has 2 aromatic rings. The lowest BCUT2D eigenvalue weighted by Crippen LogP contribution is -2.49. The predicted octanol–water partition coefficient (Wildman–Crippen LogP) is 1.64. The smallest absolute Gasteiger partial charge is 0.218 e. The Hall–Kier alpha value is -2.26. The molecule has 1 aliphatic rings. The summed E-state index contributed by atoms with van der Waals surface area (Å²) in [4.78, 5) is 12.9. The molecule has 0 atom stereocenters. The first-order valence-electron chi connectivity index (χ1n) is 8.75. The van der Waals surface area contributed by atoms with Crippen molar-refractivity contribution in [2.75, 3.05) is 50.1 Å². The zero-order valence-electron chi connectivity index (χ0n) is 15.8. The molecule has 9 heteroatoms. The van der Waals surface area contributed by atoms with Crippen LogP contribution >= 0.6 is 0 Å². The minimum absolute atomic E-state index is 0.120. The number of halogens is 1. The van der Waals surface area contributed by atoms with Gasteiger partial charge in [-0.05, 0) is 24.6 Å². The van der Waals surface area contributed by atoms with Crippen LogP contribution in [-0.2, 0) is 15.8 Å². The molecule has 1 aliphatic heterocycles. The number of hydrogen-bond acceptors (Lipinski definition) is 6. The van der Waals surface area contributed by atoms with Gasteiger partial charge in [0, 0.05) is 46.3 Å². The van der Waals surface area contributed by atoms with Gasteiger partial charge >= 0.3 is 0 Å². The van der Waals surface area contributed by atoms with Crippen molar-refractivity contribution in [2.45, 2.75) is 12.7 Å². The minimum Gasteiger partial charge on any atom is -0.363 e. The highest BCUT2D eigenvalue weighted by molar-refractivity contribution is 7.88. The summed E-state index contributed by atoms with van der Waals surface area (Å²) in [6.07, 6.45) is 0. The van der Waals surface area contributed by atoms with Crippen LogP contribution in [0.4, 0.5) is 16.0 Å². The van der Waals surface area contributed by atoms with Crippen molar-refractivity contribution in [1.29, 1.82) is 0 Å². The number of aromatic nitrogens is 2. The van der Waals surface area contributed by atoms with Crippen LogP contribution in [0.25, 0.3) is 0 Å². The fourth-order valence-electron chi connectivity index (χ4n) is 3.01. The van der Waals surface area contributed by atoms with Crippen molar-refractivity contribution in [3.8, 4) is 0 Å².